The molecule has 1 heterocycles. The maximum absolute atomic E-state index is 11.7. The lowest BCUT2D eigenvalue weighted by molar-refractivity contribution is -0.144. The molecule has 0 unspecified atom stereocenters. The van der Waals surface area contributed by atoms with Crippen LogP contribution in [-0.4, -0.2) is 42.6 Å². The highest BCUT2D eigenvalue weighted by Gasteiger charge is 2.29. The van der Waals surface area contributed by atoms with Crippen LogP contribution in [0.5, 0.6) is 5.75 Å². The normalized spacial score (nSPS) is 17.8. The van der Waals surface area contributed by atoms with Gasteiger partial charge in [0.2, 0.25) is 0 Å². The molecule has 2 rings (SSSR count). The van der Waals surface area contributed by atoms with Crippen LogP contribution in [0.15, 0.2) is 12.1 Å². The van der Waals surface area contributed by atoms with Gasteiger partial charge in [0.25, 0.3) is 0 Å². The van der Waals surface area contributed by atoms with Gasteiger partial charge in [-0.3, -0.25) is 9.69 Å². The summed E-state index contributed by atoms with van der Waals surface area (Å²) in [5.74, 6) is 0.310. The Morgan fingerprint density at radius 1 is 1.52 bits per heavy atom. The van der Waals surface area contributed by atoms with E-state index in [4.69, 9.17) is 9.47 Å². The molecule has 6 nitrogen and oxygen atoms in total. The van der Waals surface area contributed by atoms with Crippen molar-refractivity contribution >= 4 is 27.6 Å². The number of carbonyl (C=O) groups excluding carboxylic acids is 1. The summed E-state index contributed by atoms with van der Waals surface area (Å²) in [6.45, 7) is 5.94. The van der Waals surface area contributed by atoms with E-state index in [1.165, 1.54) is 7.11 Å². The number of nitrogens with zero attached hydrogens (tertiary/aromatic N) is 2. The van der Waals surface area contributed by atoms with Crippen LogP contribution in [-0.2, 0) is 16.1 Å². The minimum atomic E-state index is -0.575. The summed E-state index contributed by atoms with van der Waals surface area (Å²) in [4.78, 5) is 13.9. The zero-order valence-corrected chi connectivity index (χ0v) is 16.6. The third-order valence-electron chi connectivity index (χ3n) is 4.10. The van der Waals surface area contributed by atoms with Crippen molar-refractivity contribution in [2.75, 3.05) is 32.6 Å². The molecule has 0 saturated carbocycles. The molecule has 1 aliphatic heterocycles. The Bertz CT molecular complexity index is 679. The number of benzene rings is 1. The van der Waals surface area contributed by atoms with Gasteiger partial charge >= 0.3 is 5.97 Å². The number of esters is 1. The van der Waals surface area contributed by atoms with Gasteiger partial charge in [0.1, 0.15) is 6.07 Å². The van der Waals surface area contributed by atoms with Crippen molar-refractivity contribution in [3.8, 4) is 11.8 Å². The number of alkyl halides is 1. The van der Waals surface area contributed by atoms with E-state index in [0.29, 0.717) is 24.4 Å². The molecule has 0 amide bonds. The minimum Gasteiger partial charge on any atom is -0.473 e. The smallest absolute Gasteiger partial charge is 0.310 e. The van der Waals surface area contributed by atoms with E-state index in [2.05, 4.69) is 32.2 Å². The third-order valence-corrected chi connectivity index (χ3v) is 4.26. The second-order valence-corrected chi connectivity index (χ2v) is 8.50. The third kappa shape index (κ3) is 5.10. The van der Waals surface area contributed by atoms with Gasteiger partial charge in [-0.05, 0) is 60.4 Å². The van der Waals surface area contributed by atoms with Gasteiger partial charge in [-0.25, -0.2) is 0 Å². The molecule has 0 bridgehead atoms. The molecule has 1 saturated heterocycles. The zero-order chi connectivity index (χ0) is 18.6. The van der Waals surface area contributed by atoms with Crippen molar-refractivity contribution in [3.63, 3.8) is 0 Å². The Kier molecular flexibility index (Phi) is 6.31. The average Bonchev–Trinajstić information content (AvgIpc) is 3.02. The Labute approximate surface area is 157 Å². The summed E-state index contributed by atoms with van der Waals surface area (Å²) >= 11 is 3.45. The zero-order valence-electron chi connectivity index (χ0n) is 15.1. The first-order chi connectivity index (χ1) is 11.8. The lowest BCUT2D eigenvalue weighted by Crippen LogP contribution is -2.24. The fourth-order valence-corrected chi connectivity index (χ4v) is 3.16. The molecule has 0 spiro atoms. The highest BCUT2D eigenvalue weighted by Crippen LogP contribution is 2.35. The van der Waals surface area contributed by atoms with E-state index in [9.17, 15) is 10.1 Å². The van der Waals surface area contributed by atoms with Gasteiger partial charge in [0.05, 0.1) is 24.3 Å². The standard InChI is InChI=1S/C18H24BrN3O3/c1-18(2,19)25-16-14(9-20)7-12(8-15(16)21-3)10-22-6-5-13(11-22)17(23)24-4/h7-8,13,21H,5-6,10-11H2,1-4H3/t13-/m1/s1. The van der Waals surface area contributed by atoms with Crippen LogP contribution in [0.4, 0.5) is 5.69 Å². The van der Waals surface area contributed by atoms with Crippen molar-refractivity contribution in [2.45, 2.75) is 31.3 Å². The molecule has 0 aliphatic carbocycles. The molecule has 25 heavy (non-hydrogen) atoms. The fraction of sp³-hybridized carbons (Fsp3) is 0.556. The predicted molar refractivity (Wildman–Crippen MR) is 99.7 cm³/mol. The number of nitrogens with one attached hydrogen (secondary N) is 1. The number of anilines is 1. The van der Waals surface area contributed by atoms with E-state index < -0.39 is 4.51 Å². The largest absolute Gasteiger partial charge is 0.473 e. The average molecular weight is 410 g/mol. The van der Waals surface area contributed by atoms with Gasteiger partial charge in [0, 0.05) is 20.1 Å². The molecule has 0 radical (unpaired) electrons. The Hall–Kier alpha value is -1.78. The van der Waals surface area contributed by atoms with Crippen LogP contribution >= 0.6 is 15.9 Å². The second-order valence-electron chi connectivity index (χ2n) is 6.59. The lowest BCUT2D eigenvalue weighted by Gasteiger charge is -2.23. The van der Waals surface area contributed by atoms with Crippen LogP contribution in [0.3, 0.4) is 0 Å². The van der Waals surface area contributed by atoms with Crippen LogP contribution in [0, 0.1) is 17.2 Å². The first-order valence-corrected chi connectivity index (χ1v) is 8.99. The monoisotopic (exact) mass is 409 g/mol. The number of hydrogen-bond donors (Lipinski definition) is 1. The Balaban J connectivity index is 2.20. The Morgan fingerprint density at radius 2 is 2.24 bits per heavy atom. The molecule has 1 N–H and O–H groups in total. The molecular formula is C18H24BrN3O3. The summed E-state index contributed by atoms with van der Waals surface area (Å²) in [6.07, 6.45) is 0.801. The molecule has 136 valence electrons. The number of nitriles is 1. The van der Waals surface area contributed by atoms with Gasteiger partial charge < -0.3 is 14.8 Å². The van der Waals surface area contributed by atoms with E-state index in [-0.39, 0.29) is 11.9 Å². The quantitative estimate of drug-likeness (QED) is 0.574. The summed E-state index contributed by atoms with van der Waals surface area (Å²) in [6, 6.07) is 6.05. The SMILES string of the molecule is CNc1cc(CN2CC[C@@H](C(=O)OC)C2)cc(C#N)c1OC(C)(C)Br. The number of ether oxygens (including phenoxy) is 2. The number of methoxy groups -OCH3 is 1. The first-order valence-electron chi connectivity index (χ1n) is 8.20. The van der Waals surface area contributed by atoms with E-state index in [1.807, 2.05) is 26.0 Å². The van der Waals surface area contributed by atoms with Gasteiger partial charge in [0.15, 0.2) is 10.3 Å². The van der Waals surface area contributed by atoms with Crippen LogP contribution in [0.2, 0.25) is 0 Å². The molecule has 0 aromatic heterocycles. The maximum atomic E-state index is 11.7. The fourth-order valence-electron chi connectivity index (χ4n) is 2.99. The summed E-state index contributed by atoms with van der Waals surface area (Å²) < 4.78 is 10.1. The molecule has 1 aromatic rings. The number of hydrogen-bond acceptors (Lipinski definition) is 6. The second kappa shape index (κ2) is 8.07. The van der Waals surface area contributed by atoms with Crippen molar-refractivity contribution in [1.29, 1.82) is 5.26 Å². The van der Waals surface area contributed by atoms with Crippen molar-refractivity contribution in [2.24, 2.45) is 5.92 Å². The van der Waals surface area contributed by atoms with Gasteiger partial charge in [-0.15, -0.1) is 0 Å². The molecule has 1 fully saturated rings. The molecular weight excluding hydrogens is 386 g/mol. The molecule has 1 aromatic carbocycles. The maximum Gasteiger partial charge on any atom is 0.310 e. The van der Waals surface area contributed by atoms with Crippen LogP contribution in [0.1, 0.15) is 31.4 Å². The van der Waals surface area contributed by atoms with E-state index >= 15 is 0 Å². The van der Waals surface area contributed by atoms with E-state index in [1.54, 1.807) is 7.05 Å². The Morgan fingerprint density at radius 3 is 2.80 bits per heavy atom. The number of halogens is 1. The minimum absolute atomic E-state index is 0.0685. The van der Waals surface area contributed by atoms with E-state index in [0.717, 1.165) is 24.2 Å². The lowest BCUT2D eigenvalue weighted by atomic mass is 10.1. The number of likely N-dealkylation sites (tertiary alicyclic amines) is 1. The van der Waals surface area contributed by atoms with Crippen molar-refractivity contribution < 1.29 is 14.3 Å². The van der Waals surface area contributed by atoms with Gasteiger partial charge in [-0.2, -0.15) is 5.26 Å². The van der Waals surface area contributed by atoms with Crippen LogP contribution in [0.25, 0.3) is 0 Å². The topological polar surface area (TPSA) is 74.6 Å². The number of rotatable bonds is 6. The number of carbonyl (C=O) groups is 1. The van der Waals surface area contributed by atoms with Crippen molar-refractivity contribution in [1.82, 2.24) is 4.90 Å². The predicted octanol–water partition coefficient (Wildman–Crippen LogP) is 3.10. The highest BCUT2D eigenvalue weighted by molar-refractivity contribution is 9.10. The molecule has 1 atom stereocenters. The summed E-state index contributed by atoms with van der Waals surface area (Å²) in [7, 11) is 3.23. The highest BCUT2D eigenvalue weighted by atomic mass is 79.9. The van der Waals surface area contributed by atoms with Crippen molar-refractivity contribution in [3.05, 3.63) is 23.3 Å². The summed E-state index contributed by atoms with van der Waals surface area (Å²) in [5, 5.41) is 12.6. The first kappa shape index (κ1) is 19.5. The molecule has 1 aliphatic rings. The molecule has 7 heteroatoms. The summed E-state index contributed by atoms with van der Waals surface area (Å²) in [5.41, 5.74) is 2.26. The van der Waals surface area contributed by atoms with Crippen LogP contribution < -0.4 is 10.1 Å². The van der Waals surface area contributed by atoms with Gasteiger partial charge in [-0.1, -0.05) is 0 Å².